The lowest BCUT2D eigenvalue weighted by molar-refractivity contribution is -0.923. The first-order chi connectivity index (χ1) is 12.2. The molecule has 0 heterocycles. The van der Waals surface area contributed by atoms with Crippen LogP contribution in [0.5, 0.6) is 0 Å². The van der Waals surface area contributed by atoms with Crippen LogP contribution in [0.2, 0.25) is 0 Å². The van der Waals surface area contributed by atoms with Gasteiger partial charge in [-0.2, -0.15) is 0 Å². The SMILES string of the molecule is CCC.CC[N+](CC)(CC)CCOP(C)(=O)OCC[N+](CC)(CC)CC. The maximum atomic E-state index is 12.5. The Morgan fingerprint density at radius 2 is 0.846 bits per heavy atom. The van der Waals surface area contributed by atoms with Crippen LogP contribution in [0.25, 0.3) is 0 Å². The Kier molecular flexibility index (Phi) is 16.4. The summed E-state index contributed by atoms with van der Waals surface area (Å²) in [6, 6.07) is 0. The summed E-state index contributed by atoms with van der Waals surface area (Å²) in [5, 5.41) is 0. The molecule has 0 aliphatic rings. The van der Waals surface area contributed by atoms with Crippen LogP contribution in [-0.4, -0.2) is 81.2 Å². The molecule has 0 atom stereocenters. The highest BCUT2D eigenvalue weighted by Gasteiger charge is 2.26. The lowest BCUT2D eigenvalue weighted by atomic mass is 10.3. The predicted molar refractivity (Wildman–Crippen MR) is 115 cm³/mol. The summed E-state index contributed by atoms with van der Waals surface area (Å²) in [4.78, 5) is 0. The lowest BCUT2D eigenvalue weighted by Gasteiger charge is -2.36. The minimum absolute atomic E-state index is 0.499. The molecule has 160 valence electrons. The molecule has 0 aromatic carbocycles. The Morgan fingerprint density at radius 1 is 0.615 bits per heavy atom. The van der Waals surface area contributed by atoms with Gasteiger partial charge in [0.05, 0.1) is 39.3 Å². The molecule has 6 heteroatoms. The van der Waals surface area contributed by atoms with E-state index in [0.29, 0.717) is 13.2 Å². The molecule has 0 aromatic rings. The fourth-order valence-corrected chi connectivity index (χ4v) is 4.03. The van der Waals surface area contributed by atoms with Crippen molar-refractivity contribution in [2.45, 2.75) is 61.8 Å². The van der Waals surface area contributed by atoms with Crippen molar-refractivity contribution >= 4 is 7.60 Å². The first kappa shape index (κ1) is 28.3. The molecule has 0 radical (unpaired) electrons. The second kappa shape index (κ2) is 15.0. The summed E-state index contributed by atoms with van der Waals surface area (Å²) in [6.07, 6.45) is 1.25. The smallest absolute Gasteiger partial charge is 0.322 e. The van der Waals surface area contributed by atoms with Gasteiger partial charge in [0.1, 0.15) is 26.3 Å². The highest BCUT2D eigenvalue weighted by molar-refractivity contribution is 7.52. The van der Waals surface area contributed by atoms with Crippen LogP contribution in [-0.2, 0) is 13.6 Å². The highest BCUT2D eigenvalue weighted by Crippen LogP contribution is 2.43. The molecule has 26 heavy (non-hydrogen) atoms. The van der Waals surface area contributed by atoms with Crippen molar-refractivity contribution in [1.82, 2.24) is 0 Å². The zero-order valence-electron chi connectivity index (χ0n) is 19.3. The number of nitrogens with zero attached hydrogens (tertiary/aromatic N) is 2. The summed E-state index contributed by atoms with van der Waals surface area (Å²) in [6.45, 7) is 28.3. The van der Waals surface area contributed by atoms with Gasteiger partial charge in [0.25, 0.3) is 0 Å². The van der Waals surface area contributed by atoms with Gasteiger partial charge in [-0.25, -0.2) is 0 Å². The molecule has 0 spiro atoms. The maximum Gasteiger partial charge on any atom is 0.328 e. The van der Waals surface area contributed by atoms with E-state index in [0.717, 1.165) is 61.3 Å². The van der Waals surface area contributed by atoms with E-state index in [-0.39, 0.29) is 0 Å². The van der Waals surface area contributed by atoms with E-state index in [1.54, 1.807) is 6.66 Å². The normalized spacial score (nSPS) is 12.7. The van der Waals surface area contributed by atoms with E-state index >= 15 is 0 Å². The summed E-state index contributed by atoms with van der Waals surface area (Å²) in [5.41, 5.74) is 0. The van der Waals surface area contributed by atoms with Gasteiger partial charge in [-0.05, 0) is 41.5 Å². The van der Waals surface area contributed by atoms with Crippen LogP contribution in [0.3, 0.4) is 0 Å². The van der Waals surface area contributed by atoms with Crippen molar-refractivity contribution in [3.8, 4) is 0 Å². The van der Waals surface area contributed by atoms with E-state index in [2.05, 4.69) is 55.4 Å². The van der Waals surface area contributed by atoms with Gasteiger partial charge in [0, 0.05) is 6.66 Å². The Hall–Kier alpha value is 0.0700. The topological polar surface area (TPSA) is 35.5 Å². The third kappa shape index (κ3) is 11.0. The number of rotatable bonds is 14. The third-order valence-corrected chi connectivity index (χ3v) is 7.11. The van der Waals surface area contributed by atoms with Gasteiger partial charge in [-0.15, -0.1) is 0 Å². The second-order valence-corrected chi connectivity index (χ2v) is 9.23. The van der Waals surface area contributed by atoms with Crippen LogP contribution in [0, 0.1) is 0 Å². The van der Waals surface area contributed by atoms with Gasteiger partial charge in [0.15, 0.2) is 0 Å². The lowest BCUT2D eigenvalue weighted by Crippen LogP contribution is -2.49. The van der Waals surface area contributed by atoms with Crippen molar-refractivity contribution in [2.24, 2.45) is 0 Å². The molecular weight excluding hydrogens is 347 g/mol. The van der Waals surface area contributed by atoms with Crippen LogP contribution in [0.1, 0.15) is 61.8 Å². The Morgan fingerprint density at radius 3 is 1.04 bits per heavy atom. The number of hydrogen-bond acceptors (Lipinski definition) is 3. The Balaban J connectivity index is 0. The quantitative estimate of drug-likeness (QED) is 0.306. The first-order valence-corrected chi connectivity index (χ1v) is 12.7. The molecule has 0 fully saturated rings. The van der Waals surface area contributed by atoms with E-state index in [9.17, 15) is 4.57 Å². The molecule has 5 nitrogen and oxygen atoms in total. The fraction of sp³-hybridized carbons (Fsp3) is 1.00. The van der Waals surface area contributed by atoms with Crippen LogP contribution in [0.15, 0.2) is 0 Å². The zero-order valence-corrected chi connectivity index (χ0v) is 20.2. The molecular formula is C20H49N2O3P+2. The molecule has 0 unspecified atom stereocenters. The molecule has 0 aromatic heterocycles. The predicted octanol–water partition coefficient (Wildman–Crippen LogP) is 5.01. The van der Waals surface area contributed by atoms with Crippen molar-refractivity contribution < 1.29 is 22.6 Å². The Labute approximate surface area is 164 Å². The van der Waals surface area contributed by atoms with Gasteiger partial charge in [0.2, 0.25) is 0 Å². The second-order valence-electron chi connectivity index (χ2n) is 7.17. The molecule has 0 amide bonds. The van der Waals surface area contributed by atoms with Crippen molar-refractivity contribution in [1.29, 1.82) is 0 Å². The van der Waals surface area contributed by atoms with Crippen molar-refractivity contribution in [3.63, 3.8) is 0 Å². The summed E-state index contributed by atoms with van der Waals surface area (Å²) in [7, 11) is -2.95. The van der Waals surface area contributed by atoms with Gasteiger partial charge >= 0.3 is 7.60 Å². The molecule has 0 saturated carbocycles. The number of likely N-dealkylation sites (N-methyl/N-ethyl adjacent to an activating group) is 2. The largest absolute Gasteiger partial charge is 0.328 e. The minimum atomic E-state index is -2.95. The van der Waals surface area contributed by atoms with E-state index in [1.165, 1.54) is 6.42 Å². The fourth-order valence-electron chi connectivity index (χ4n) is 3.13. The number of quaternary nitrogens is 2. The monoisotopic (exact) mass is 396 g/mol. The van der Waals surface area contributed by atoms with Crippen molar-refractivity contribution in [3.05, 3.63) is 0 Å². The average molecular weight is 397 g/mol. The molecule has 0 saturated heterocycles. The van der Waals surface area contributed by atoms with Crippen LogP contribution < -0.4 is 0 Å². The van der Waals surface area contributed by atoms with E-state index in [4.69, 9.17) is 9.05 Å². The minimum Gasteiger partial charge on any atom is -0.322 e. The molecule has 0 aliphatic carbocycles. The Bertz CT molecular complexity index is 324. The zero-order chi connectivity index (χ0) is 20.7. The van der Waals surface area contributed by atoms with Gasteiger partial charge < -0.3 is 18.0 Å². The molecule has 0 N–H and O–H groups in total. The van der Waals surface area contributed by atoms with E-state index < -0.39 is 7.60 Å². The van der Waals surface area contributed by atoms with E-state index in [1.807, 2.05) is 0 Å². The summed E-state index contributed by atoms with van der Waals surface area (Å²) < 4.78 is 25.7. The standard InChI is InChI=1S/C17H41N2O3P.C3H8/c1-8-18(9-2,10-3)14-16-21-23(7,20)22-17-15-19(11-4,12-5)13-6;1-3-2/h8-17H2,1-7H3;3H2,1-2H3/q+2;. The van der Waals surface area contributed by atoms with Gasteiger partial charge in [-0.3, -0.25) is 4.57 Å². The van der Waals surface area contributed by atoms with Crippen molar-refractivity contribution in [2.75, 3.05) is 72.2 Å². The molecule has 0 bridgehead atoms. The average Bonchev–Trinajstić information content (AvgIpc) is 2.64. The third-order valence-electron chi connectivity index (χ3n) is 5.81. The van der Waals surface area contributed by atoms with Crippen LogP contribution in [0.4, 0.5) is 0 Å². The molecule has 0 rings (SSSR count). The maximum absolute atomic E-state index is 12.5. The summed E-state index contributed by atoms with van der Waals surface area (Å²) >= 11 is 0. The van der Waals surface area contributed by atoms with Gasteiger partial charge in [-0.1, -0.05) is 20.3 Å². The molecule has 0 aliphatic heterocycles. The summed E-state index contributed by atoms with van der Waals surface area (Å²) in [5.74, 6) is 0. The highest BCUT2D eigenvalue weighted by atomic mass is 31.2. The first-order valence-electron chi connectivity index (χ1n) is 10.8. The van der Waals surface area contributed by atoms with Crippen LogP contribution >= 0.6 is 7.60 Å². The number of hydrogen-bond donors (Lipinski definition) is 0.